The van der Waals surface area contributed by atoms with E-state index in [2.05, 4.69) is 16.3 Å². The van der Waals surface area contributed by atoms with Crippen LogP contribution < -0.4 is 11.1 Å². The Hall–Kier alpha value is -1.39. The Bertz CT molecular complexity index is 459. The zero-order valence-corrected chi connectivity index (χ0v) is 11.8. The summed E-state index contributed by atoms with van der Waals surface area (Å²) < 4.78 is 0. The third kappa shape index (κ3) is 4.04. The van der Waals surface area contributed by atoms with Crippen molar-refractivity contribution < 1.29 is 4.79 Å². The van der Waals surface area contributed by atoms with Crippen molar-refractivity contribution in [3.8, 4) is 0 Å². The summed E-state index contributed by atoms with van der Waals surface area (Å²) in [5.41, 5.74) is 9.08. The second-order valence-electron chi connectivity index (χ2n) is 5.50. The standard InChI is InChI=1S/C15H23N3O/c1-11-5-6-12(2)14(8-11)17-15(19)10-18-7-3-4-13(16)9-18/h5-6,8,13H,3-4,7,9-10,16H2,1-2H3,(H,17,19). The summed E-state index contributed by atoms with van der Waals surface area (Å²) in [4.78, 5) is 14.2. The quantitative estimate of drug-likeness (QED) is 0.870. The van der Waals surface area contributed by atoms with Crippen molar-refractivity contribution in [1.82, 2.24) is 4.90 Å². The molecule has 0 spiro atoms. The number of anilines is 1. The van der Waals surface area contributed by atoms with Gasteiger partial charge >= 0.3 is 0 Å². The maximum atomic E-state index is 12.1. The SMILES string of the molecule is Cc1ccc(C)c(NC(=O)CN2CCCC(N)C2)c1. The number of nitrogens with zero attached hydrogens (tertiary/aromatic N) is 1. The van der Waals surface area contributed by atoms with Gasteiger partial charge in [-0.1, -0.05) is 12.1 Å². The molecule has 0 radical (unpaired) electrons. The molecule has 1 aliphatic heterocycles. The Morgan fingerprint density at radius 2 is 2.26 bits per heavy atom. The first kappa shape index (κ1) is 14.0. The molecule has 1 aromatic rings. The van der Waals surface area contributed by atoms with Gasteiger partial charge in [0.1, 0.15) is 0 Å². The number of benzene rings is 1. The van der Waals surface area contributed by atoms with Crippen molar-refractivity contribution >= 4 is 11.6 Å². The summed E-state index contributed by atoms with van der Waals surface area (Å²) in [5, 5.41) is 2.99. The minimum Gasteiger partial charge on any atom is -0.327 e. The number of aryl methyl sites for hydroxylation is 2. The molecule has 1 unspecified atom stereocenters. The van der Waals surface area contributed by atoms with Gasteiger partial charge in [-0.2, -0.15) is 0 Å². The highest BCUT2D eigenvalue weighted by Crippen LogP contribution is 2.16. The minimum absolute atomic E-state index is 0.0443. The van der Waals surface area contributed by atoms with E-state index in [1.54, 1.807) is 0 Å². The van der Waals surface area contributed by atoms with E-state index >= 15 is 0 Å². The molecule has 1 fully saturated rings. The van der Waals surface area contributed by atoms with Crippen molar-refractivity contribution in [2.24, 2.45) is 5.73 Å². The molecule has 4 nitrogen and oxygen atoms in total. The summed E-state index contributed by atoms with van der Waals surface area (Å²) in [6, 6.07) is 6.30. The van der Waals surface area contributed by atoms with Crippen LogP contribution >= 0.6 is 0 Å². The van der Waals surface area contributed by atoms with Crippen LogP contribution in [0.5, 0.6) is 0 Å². The van der Waals surface area contributed by atoms with Crippen LogP contribution in [0.3, 0.4) is 0 Å². The fourth-order valence-corrected chi connectivity index (χ4v) is 2.50. The van der Waals surface area contributed by atoms with Crippen molar-refractivity contribution in [3.05, 3.63) is 29.3 Å². The van der Waals surface area contributed by atoms with E-state index in [0.717, 1.165) is 42.7 Å². The molecule has 1 aromatic carbocycles. The zero-order valence-electron chi connectivity index (χ0n) is 11.8. The van der Waals surface area contributed by atoms with Crippen LogP contribution in [0.25, 0.3) is 0 Å². The molecule has 1 heterocycles. The van der Waals surface area contributed by atoms with Crippen LogP contribution in [0.1, 0.15) is 24.0 Å². The van der Waals surface area contributed by atoms with Crippen LogP contribution in [-0.2, 0) is 4.79 Å². The summed E-state index contributed by atoms with van der Waals surface area (Å²) in [7, 11) is 0. The van der Waals surface area contributed by atoms with Gasteiger partial charge < -0.3 is 11.1 Å². The fourth-order valence-electron chi connectivity index (χ4n) is 2.50. The van der Waals surface area contributed by atoms with E-state index in [1.165, 1.54) is 0 Å². The monoisotopic (exact) mass is 261 g/mol. The average Bonchev–Trinajstić information content (AvgIpc) is 2.34. The molecule has 19 heavy (non-hydrogen) atoms. The van der Waals surface area contributed by atoms with Crippen molar-refractivity contribution in [3.63, 3.8) is 0 Å². The minimum atomic E-state index is 0.0443. The maximum Gasteiger partial charge on any atom is 0.238 e. The van der Waals surface area contributed by atoms with E-state index in [0.29, 0.717) is 6.54 Å². The van der Waals surface area contributed by atoms with E-state index < -0.39 is 0 Å². The fraction of sp³-hybridized carbons (Fsp3) is 0.533. The smallest absolute Gasteiger partial charge is 0.238 e. The second-order valence-corrected chi connectivity index (χ2v) is 5.50. The lowest BCUT2D eigenvalue weighted by Crippen LogP contribution is -2.45. The predicted octanol–water partition coefficient (Wildman–Crippen LogP) is 1.67. The number of likely N-dealkylation sites (tertiary alicyclic amines) is 1. The first-order valence-corrected chi connectivity index (χ1v) is 6.89. The molecule has 104 valence electrons. The van der Waals surface area contributed by atoms with Gasteiger partial charge in [0, 0.05) is 18.3 Å². The number of carbonyl (C=O) groups is 1. The molecule has 1 amide bonds. The van der Waals surface area contributed by atoms with Crippen LogP contribution in [0.2, 0.25) is 0 Å². The first-order valence-electron chi connectivity index (χ1n) is 6.89. The van der Waals surface area contributed by atoms with Gasteiger partial charge in [0.25, 0.3) is 0 Å². The van der Waals surface area contributed by atoms with E-state index in [1.807, 2.05) is 26.0 Å². The third-order valence-corrected chi connectivity index (χ3v) is 3.58. The largest absolute Gasteiger partial charge is 0.327 e. The number of rotatable bonds is 3. The maximum absolute atomic E-state index is 12.1. The lowest BCUT2D eigenvalue weighted by molar-refractivity contribution is -0.117. The highest BCUT2D eigenvalue weighted by Gasteiger charge is 2.18. The zero-order chi connectivity index (χ0) is 13.8. The molecule has 1 atom stereocenters. The average molecular weight is 261 g/mol. The van der Waals surface area contributed by atoms with Gasteiger partial charge in [0.2, 0.25) is 5.91 Å². The van der Waals surface area contributed by atoms with Gasteiger partial charge in [0.05, 0.1) is 6.54 Å². The topological polar surface area (TPSA) is 58.4 Å². The van der Waals surface area contributed by atoms with Gasteiger partial charge in [-0.3, -0.25) is 9.69 Å². The van der Waals surface area contributed by atoms with Crippen molar-refractivity contribution in [2.45, 2.75) is 32.7 Å². The number of nitrogens with two attached hydrogens (primary N) is 1. The number of nitrogens with one attached hydrogen (secondary N) is 1. The van der Waals surface area contributed by atoms with Crippen molar-refractivity contribution in [1.29, 1.82) is 0 Å². The molecular weight excluding hydrogens is 238 g/mol. The normalized spacial score (nSPS) is 20.3. The van der Waals surface area contributed by atoms with E-state index in [9.17, 15) is 4.79 Å². The molecule has 0 aromatic heterocycles. The third-order valence-electron chi connectivity index (χ3n) is 3.58. The highest BCUT2D eigenvalue weighted by molar-refractivity contribution is 5.93. The number of hydrogen-bond donors (Lipinski definition) is 2. The highest BCUT2D eigenvalue weighted by atomic mass is 16.2. The lowest BCUT2D eigenvalue weighted by atomic mass is 10.1. The number of carbonyl (C=O) groups excluding carboxylic acids is 1. The Kier molecular flexibility index (Phi) is 4.56. The lowest BCUT2D eigenvalue weighted by Gasteiger charge is -2.30. The number of hydrogen-bond acceptors (Lipinski definition) is 3. The Morgan fingerprint density at radius 1 is 1.47 bits per heavy atom. The first-order chi connectivity index (χ1) is 9.04. The molecule has 1 aliphatic rings. The van der Waals surface area contributed by atoms with Crippen LogP contribution in [-0.4, -0.2) is 36.5 Å². The van der Waals surface area contributed by atoms with E-state index in [-0.39, 0.29) is 11.9 Å². The summed E-state index contributed by atoms with van der Waals surface area (Å²) in [6.07, 6.45) is 2.15. The van der Waals surface area contributed by atoms with Gasteiger partial charge in [-0.05, 0) is 50.4 Å². The molecule has 0 saturated carbocycles. The molecule has 4 heteroatoms. The predicted molar refractivity (Wildman–Crippen MR) is 78.2 cm³/mol. The van der Waals surface area contributed by atoms with Gasteiger partial charge in [0.15, 0.2) is 0 Å². The Balaban J connectivity index is 1.92. The molecule has 3 N–H and O–H groups in total. The molecule has 1 saturated heterocycles. The van der Waals surface area contributed by atoms with Crippen LogP contribution in [0.4, 0.5) is 5.69 Å². The molecule has 0 bridgehead atoms. The molecular formula is C15H23N3O. The van der Waals surface area contributed by atoms with Gasteiger partial charge in [-0.25, -0.2) is 0 Å². The molecule has 0 aliphatic carbocycles. The Labute approximate surface area is 115 Å². The van der Waals surface area contributed by atoms with Gasteiger partial charge in [-0.15, -0.1) is 0 Å². The number of amides is 1. The number of piperidine rings is 1. The summed E-state index contributed by atoms with van der Waals surface area (Å²) in [6.45, 7) is 6.25. The van der Waals surface area contributed by atoms with E-state index in [4.69, 9.17) is 5.73 Å². The second kappa shape index (κ2) is 6.17. The Morgan fingerprint density at radius 3 is 3.00 bits per heavy atom. The van der Waals surface area contributed by atoms with Crippen LogP contribution in [0, 0.1) is 13.8 Å². The summed E-state index contributed by atoms with van der Waals surface area (Å²) >= 11 is 0. The molecule has 2 rings (SSSR count). The van der Waals surface area contributed by atoms with Crippen LogP contribution in [0.15, 0.2) is 18.2 Å². The summed E-state index contributed by atoms with van der Waals surface area (Å²) in [5.74, 6) is 0.0443. The van der Waals surface area contributed by atoms with Crippen molar-refractivity contribution in [2.75, 3.05) is 25.0 Å².